The molecule has 1 rings (SSSR count). The van der Waals surface area contributed by atoms with Gasteiger partial charge in [0.2, 0.25) is 0 Å². The van der Waals surface area contributed by atoms with Crippen LogP contribution in [0, 0.1) is 0 Å². The van der Waals surface area contributed by atoms with E-state index in [0.717, 1.165) is 25.6 Å². The molecule has 0 aromatic heterocycles. The second-order valence-corrected chi connectivity index (χ2v) is 2.58. The minimum absolute atomic E-state index is 0. The van der Waals surface area contributed by atoms with E-state index in [1.54, 1.807) is 0 Å². The first-order valence-corrected chi connectivity index (χ1v) is 3.89. The van der Waals surface area contributed by atoms with Crippen LogP contribution in [0.1, 0.15) is 19.8 Å². The Bertz CT molecular complexity index is 136. The lowest BCUT2D eigenvalue weighted by atomic mass is 10.3. The third-order valence-electron chi connectivity index (χ3n) is 1.75. The molecule has 66 valence electrons. The lowest BCUT2D eigenvalue weighted by Gasteiger charge is -2.15. The fourth-order valence-electron chi connectivity index (χ4n) is 1.08. The molecule has 2 N–H and O–H groups in total. The molecule has 0 saturated heterocycles. The highest BCUT2D eigenvalue weighted by Crippen LogP contribution is 1.99. The van der Waals surface area contributed by atoms with Crippen LogP contribution in [0.3, 0.4) is 0 Å². The Hall–Kier alpha value is -0.440. The van der Waals surface area contributed by atoms with Gasteiger partial charge in [0.1, 0.15) is 0 Å². The highest BCUT2D eigenvalue weighted by Gasteiger charge is 2.11. The number of rotatable bonds is 3. The van der Waals surface area contributed by atoms with Crippen molar-refractivity contribution in [3.05, 3.63) is 0 Å². The maximum absolute atomic E-state index is 5.60. The van der Waals surface area contributed by atoms with Crippen molar-refractivity contribution in [2.75, 3.05) is 19.6 Å². The van der Waals surface area contributed by atoms with Crippen LogP contribution in [-0.4, -0.2) is 30.5 Å². The summed E-state index contributed by atoms with van der Waals surface area (Å²) in [5.74, 6) is 0.730. The van der Waals surface area contributed by atoms with E-state index in [0.29, 0.717) is 0 Å². The molecule has 3 nitrogen and oxygen atoms in total. The molecule has 0 saturated carbocycles. The SMILES string of the molecule is CCCCN1CCN=C1N.Cl. The second kappa shape index (κ2) is 5.24. The van der Waals surface area contributed by atoms with Crippen molar-refractivity contribution in [3.63, 3.8) is 0 Å². The quantitative estimate of drug-likeness (QED) is 0.694. The van der Waals surface area contributed by atoms with Crippen molar-refractivity contribution in [2.24, 2.45) is 10.7 Å². The normalized spacial score (nSPS) is 16.1. The first-order valence-electron chi connectivity index (χ1n) is 3.89. The molecule has 11 heavy (non-hydrogen) atoms. The summed E-state index contributed by atoms with van der Waals surface area (Å²) in [6, 6.07) is 0. The summed E-state index contributed by atoms with van der Waals surface area (Å²) in [6.45, 7) is 5.16. The summed E-state index contributed by atoms with van der Waals surface area (Å²) in [6.07, 6.45) is 2.44. The maximum Gasteiger partial charge on any atom is 0.191 e. The van der Waals surface area contributed by atoms with Crippen molar-refractivity contribution < 1.29 is 0 Å². The van der Waals surface area contributed by atoms with Gasteiger partial charge in [0.05, 0.1) is 6.54 Å². The smallest absolute Gasteiger partial charge is 0.191 e. The van der Waals surface area contributed by atoms with Crippen molar-refractivity contribution in [1.82, 2.24) is 4.90 Å². The number of unbranched alkanes of at least 4 members (excludes halogenated alkanes) is 1. The van der Waals surface area contributed by atoms with Crippen molar-refractivity contribution in [2.45, 2.75) is 19.8 Å². The van der Waals surface area contributed by atoms with Crippen LogP contribution in [0.25, 0.3) is 0 Å². The predicted octanol–water partition coefficient (Wildman–Crippen LogP) is 0.839. The number of aliphatic imine (C=N–C) groups is 1. The van der Waals surface area contributed by atoms with E-state index >= 15 is 0 Å². The standard InChI is InChI=1S/C7H15N3.ClH/c1-2-3-5-10-6-4-9-7(10)8;/h2-6H2,1H3,(H2,8,9);1H. The van der Waals surface area contributed by atoms with Crippen LogP contribution in [0.15, 0.2) is 4.99 Å². The van der Waals surface area contributed by atoms with E-state index in [1.807, 2.05) is 0 Å². The lowest BCUT2D eigenvalue weighted by Crippen LogP contribution is -2.34. The van der Waals surface area contributed by atoms with Gasteiger partial charge in [-0.1, -0.05) is 13.3 Å². The van der Waals surface area contributed by atoms with E-state index in [4.69, 9.17) is 5.73 Å². The molecule has 0 aliphatic carbocycles. The topological polar surface area (TPSA) is 41.6 Å². The molecule has 0 aromatic rings. The monoisotopic (exact) mass is 177 g/mol. The lowest BCUT2D eigenvalue weighted by molar-refractivity contribution is 0.439. The number of halogens is 1. The molecule has 0 unspecified atom stereocenters. The first kappa shape index (κ1) is 10.6. The molecule has 0 amide bonds. The third-order valence-corrected chi connectivity index (χ3v) is 1.75. The molecule has 0 fully saturated rings. The van der Waals surface area contributed by atoms with Crippen LogP contribution in [0.5, 0.6) is 0 Å². The Kier molecular flexibility index (Phi) is 5.03. The number of guanidine groups is 1. The number of hydrogen-bond donors (Lipinski definition) is 1. The Morgan fingerprint density at radius 3 is 2.82 bits per heavy atom. The van der Waals surface area contributed by atoms with E-state index in [-0.39, 0.29) is 12.4 Å². The highest BCUT2D eigenvalue weighted by molar-refractivity contribution is 5.85. The zero-order valence-electron chi connectivity index (χ0n) is 6.92. The molecule has 1 aliphatic heterocycles. The molecule has 4 heteroatoms. The molecule has 0 spiro atoms. The van der Waals surface area contributed by atoms with Crippen LogP contribution in [-0.2, 0) is 0 Å². The molecule has 0 atom stereocenters. The van der Waals surface area contributed by atoms with Gasteiger partial charge in [-0.15, -0.1) is 12.4 Å². The first-order chi connectivity index (χ1) is 4.84. The van der Waals surface area contributed by atoms with Crippen molar-refractivity contribution in [1.29, 1.82) is 0 Å². The zero-order valence-corrected chi connectivity index (χ0v) is 7.73. The molecule has 0 bridgehead atoms. The minimum Gasteiger partial charge on any atom is -0.370 e. The van der Waals surface area contributed by atoms with Crippen LogP contribution in [0.4, 0.5) is 0 Å². The Morgan fingerprint density at radius 2 is 2.36 bits per heavy atom. The van der Waals surface area contributed by atoms with Crippen molar-refractivity contribution in [3.8, 4) is 0 Å². The van der Waals surface area contributed by atoms with Gasteiger partial charge in [0, 0.05) is 13.1 Å². The molecule has 1 aliphatic rings. The van der Waals surface area contributed by atoms with Gasteiger partial charge in [-0.2, -0.15) is 0 Å². The molecular formula is C7H16ClN3. The summed E-state index contributed by atoms with van der Waals surface area (Å²) >= 11 is 0. The molecule has 0 aromatic carbocycles. The van der Waals surface area contributed by atoms with Gasteiger partial charge in [0.25, 0.3) is 0 Å². The van der Waals surface area contributed by atoms with E-state index < -0.39 is 0 Å². The van der Waals surface area contributed by atoms with E-state index in [2.05, 4.69) is 16.8 Å². The molecule has 1 heterocycles. The van der Waals surface area contributed by atoms with Gasteiger partial charge in [-0.25, -0.2) is 0 Å². The van der Waals surface area contributed by atoms with Gasteiger partial charge in [-0.05, 0) is 6.42 Å². The maximum atomic E-state index is 5.60. The van der Waals surface area contributed by atoms with Gasteiger partial charge < -0.3 is 10.6 Å². The molecular weight excluding hydrogens is 162 g/mol. The second-order valence-electron chi connectivity index (χ2n) is 2.58. The number of hydrogen-bond acceptors (Lipinski definition) is 3. The summed E-state index contributed by atoms with van der Waals surface area (Å²) in [7, 11) is 0. The number of nitrogens with zero attached hydrogens (tertiary/aromatic N) is 2. The Balaban J connectivity index is 0.000001000. The predicted molar refractivity (Wildman–Crippen MR) is 50.2 cm³/mol. The number of nitrogens with two attached hydrogens (primary N) is 1. The van der Waals surface area contributed by atoms with Crippen molar-refractivity contribution >= 4 is 18.4 Å². The van der Waals surface area contributed by atoms with Gasteiger partial charge >= 0.3 is 0 Å². The largest absolute Gasteiger partial charge is 0.370 e. The average molecular weight is 178 g/mol. The fraction of sp³-hybridized carbons (Fsp3) is 0.857. The summed E-state index contributed by atoms with van der Waals surface area (Å²) in [5.41, 5.74) is 5.60. The summed E-state index contributed by atoms with van der Waals surface area (Å²) in [4.78, 5) is 6.23. The summed E-state index contributed by atoms with van der Waals surface area (Å²) < 4.78 is 0. The highest BCUT2D eigenvalue weighted by atomic mass is 35.5. The third kappa shape index (κ3) is 2.97. The van der Waals surface area contributed by atoms with Crippen LogP contribution >= 0.6 is 12.4 Å². The van der Waals surface area contributed by atoms with Crippen LogP contribution in [0.2, 0.25) is 0 Å². The van der Waals surface area contributed by atoms with Crippen LogP contribution < -0.4 is 5.73 Å². The Labute approximate surface area is 74.1 Å². The average Bonchev–Trinajstić information content (AvgIpc) is 2.31. The Morgan fingerprint density at radius 1 is 1.64 bits per heavy atom. The minimum atomic E-state index is 0. The summed E-state index contributed by atoms with van der Waals surface area (Å²) in [5, 5.41) is 0. The van der Waals surface area contributed by atoms with E-state index in [9.17, 15) is 0 Å². The van der Waals surface area contributed by atoms with Gasteiger partial charge in [0.15, 0.2) is 5.96 Å². The molecule has 0 radical (unpaired) electrons. The zero-order chi connectivity index (χ0) is 7.40. The van der Waals surface area contributed by atoms with Gasteiger partial charge in [-0.3, -0.25) is 4.99 Å². The van der Waals surface area contributed by atoms with E-state index in [1.165, 1.54) is 12.8 Å². The fourth-order valence-corrected chi connectivity index (χ4v) is 1.08.